The number of nitrogens with two attached hydrogens (primary N) is 1. The van der Waals surface area contributed by atoms with Crippen LogP contribution >= 0.6 is 12.2 Å². The highest BCUT2D eigenvalue weighted by Crippen LogP contribution is 2.36. The molecule has 1 aliphatic rings. The van der Waals surface area contributed by atoms with Crippen molar-refractivity contribution in [2.45, 2.75) is 44.7 Å². The van der Waals surface area contributed by atoms with Crippen LogP contribution in [0.3, 0.4) is 0 Å². The second-order valence-electron chi connectivity index (χ2n) is 5.07. The van der Waals surface area contributed by atoms with Gasteiger partial charge in [0.25, 0.3) is 0 Å². The van der Waals surface area contributed by atoms with Crippen molar-refractivity contribution in [3.05, 3.63) is 35.9 Å². The lowest BCUT2D eigenvalue weighted by Gasteiger charge is -2.32. The fourth-order valence-electron chi connectivity index (χ4n) is 2.55. The molecule has 1 unspecified atom stereocenters. The Morgan fingerprint density at radius 1 is 1.39 bits per heavy atom. The molecule has 0 aromatic heterocycles. The lowest BCUT2D eigenvalue weighted by molar-refractivity contribution is 0.191. The van der Waals surface area contributed by atoms with E-state index in [2.05, 4.69) is 42.2 Å². The molecule has 3 heteroatoms. The smallest absolute Gasteiger partial charge is 0.0746 e. The molecule has 18 heavy (non-hydrogen) atoms. The van der Waals surface area contributed by atoms with Crippen LogP contribution in [0, 0.1) is 0 Å². The van der Waals surface area contributed by atoms with E-state index in [0.29, 0.717) is 11.0 Å². The number of thiocarbonyl (C=S) groups is 1. The molecule has 0 radical (unpaired) electrons. The second-order valence-corrected chi connectivity index (χ2v) is 5.59. The first-order chi connectivity index (χ1) is 8.72. The van der Waals surface area contributed by atoms with Crippen molar-refractivity contribution >= 4 is 17.2 Å². The predicted molar refractivity (Wildman–Crippen MR) is 80.6 cm³/mol. The Balaban J connectivity index is 2.20. The van der Waals surface area contributed by atoms with Gasteiger partial charge in [0.05, 0.1) is 4.99 Å². The lowest BCUT2D eigenvalue weighted by Crippen LogP contribution is -2.34. The van der Waals surface area contributed by atoms with Crippen molar-refractivity contribution in [2.75, 3.05) is 6.54 Å². The minimum Gasteiger partial charge on any atom is -0.393 e. The summed E-state index contributed by atoms with van der Waals surface area (Å²) in [4.78, 5) is 3.21. The summed E-state index contributed by atoms with van der Waals surface area (Å²) in [6.07, 6.45) is 4.61. The van der Waals surface area contributed by atoms with Gasteiger partial charge in [0.2, 0.25) is 0 Å². The minimum atomic E-state index is 0.358. The van der Waals surface area contributed by atoms with E-state index < -0.39 is 0 Å². The molecule has 1 aliphatic carbocycles. The molecule has 1 fully saturated rings. The topological polar surface area (TPSA) is 29.3 Å². The zero-order chi connectivity index (χ0) is 13.0. The highest BCUT2D eigenvalue weighted by molar-refractivity contribution is 7.80. The normalized spacial score (nSPS) is 16.8. The largest absolute Gasteiger partial charge is 0.393 e. The molecule has 0 spiro atoms. The van der Waals surface area contributed by atoms with Crippen LogP contribution < -0.4 is 5.73 Å². The van der Waals surface area contributed by atoms with Gasteiger partial charge in [-0.05, 0) is 31.4 Å². The summed E-state index contributed by atoms with van der Waals surface area (Å²) in [5.74, 6) is 0. The molecule has 2 N–H and O–H groups in total. The molecule has 1 aromatic carbocycles. The van der Waals surface area contributed by atoms with E-state index >= 15 is 0 Å². The van der Waals surface area contributed by atoms with Gasteiger partial charge in [0.1, 0.15) is 0 Å². The number of hydrogen-bond acceptors (Lipinski definition) is 2. The Morgan fingerprint density at radius 2 is 2.06 bits per heavy atom. The number of rotatable bonds is 7. The van der Waals surface area contributed by atoms with Crippen LogP contribution in [0.15, 0.2) is 30.3 Å². The van der Waals surface area contributed by atoms with Gasteiger partial charge in [-0.3, -0.25) is 4.90 Å². The fraction of sp³-hybridized carbons (Fsp3) is 0.533. The third-order valence-electron chi connectivity index (χ3n) is 3.48. The Morgan fingerprint density at radius 3 is 2.56 bits per heavy atom. The standard InChI is InChI=1S/C15H22N2S/c1-2-10-17(13-8-9-13)14(11-15(16)18)12-6-4-3-5-7-12/h3-7,13-14H,2,8-11H2,1H3,(H2,16,18). The van der Waals surface area contributed by atoms with E-state index in [-0.39, 0.29) is 0 Å². The van der Waals surface area contributed by atoms with Crippen LogP contribution in [0.5, 0.6) is 0 Å². The maximum absolute atomic E-state index is 5.79. The molecule has 2 nitrogen and oxygen atoms in total. The lowest BCUT2D eigenvalue weighted by atomic mass is 10.0. The maximum atomic E-state index is 5.79. The van der Waals surface area contributed by atoms with Gasteiger partial charge in [-0.15, -0.1) is 0 Å². The molecule has 0 bridgehead atoms. The predicted octanol–water partition coefficient (Wildman–Crippen LogP) is 3.28. The molecule has 0 amide bonds. The van der Waals surface area contributed by atoms with E-state index in [1.807, 2.05) is 0 Å². The first-order valence-corrected chi connectivity index (χ1v) is 7.22. The van der Waals surface area contributed by atoms with Crippen molar-refractivity contribution in [1.29, 1.82) is 0 Å². The van der Waals surface area contributed by atoms with E-state index in [1.54, 1.807) is 0 Å². The Labute approximate surface area is 115 Å². The Hall–Kier alpha value is -0.930. The van der Waals surface area contributed by atoms with Crippen LogP contribution in [0.1, 0.15) is 44.2 Å². The molecule has 1 saturated carbocycles. The maximum Gasteiger partial charge on any atom is 0.0746 e. The second kappa shape index (κ2) is 6.30. The molecule has 1 atom stereocenters. The molecular formula is C15H22N2S. The molecule has 1 aromatic rings. The summed E-state index contributed by atoms with van der Waals surface area (Å²) in [5, 5.41) is 0. The monoisotopic (exact) mass is 262 g/mol. The average molecular weight is 262 g/mol. The highest BCUT2D eigenvalue weighted by Gasteiger charge is 2.34. The zero-order valence-corrected chi connectivity index (χ0v) is 11.8. The molecule has 0 aliphatic heterocycles. The number of nitrogens with zero attached hydrogens (tertiary/aromatic N) is 1. The quantitative estimate of drug-likeness (QED) is 0.765. The van der Waals surface area contributed by atoms with Crippen LogP contribution in [0.4, 0.5) is 0 Å². The van der Waals surface area contributed by atoms with Crippen LogP contribution in [-0.2, 0) is 0 Å². The summed E-state index contributed by atoms with van der Waals surface area (Å²) in [5.41, 5.74) is 7.13. The van der Waals surface area contributed by atoms with E-state index in [9.17, 15) is 0 Å². The molecule has 98 valence electrons. The van der Waals surface area contributed by atoms with Gasteiger partial charge in [-0.1, -0.05) is 49.5 Å². The van der Waals surface area contributed by atoms with Gasteiger partial charge >= 0.3 is 0 Å². The van der Waals surface area contributed by atoms with Crippen molar-refractivity contribution < 1.29 is 0 Å². The van der Waals surface area contributed by atoms with Crippen molar-refractivity contribution in [1.82, 2.24) is 4.90 Å². The van der Waals surface area contributed by atoms with Crippen LogP contribution in [-0.4, -0.2) is 22.5 Å². The van der Waals surface area contributed by atoms with Crippen molar-refractivity contribution in [3.63, 3.8) is 0 Å². The fourth-order valence-corrected chi connectivity index (χ4v) is 2.71. The van der Waals surface area contributed by atoms with Crippen LogP contribution in [0.2, 0.25) is 0 Å². The van der Waals surface area contributed by atoms with E-state index in [1.165, 1.54) is 24.8 Å². The minimum absolute atomic E-state index is 0.358. The van der Waals surface area contributed by atoms with Gasteiger partial charge in [-0.2, -0.15) is 0 Å². The molecular weight excluding hydrogens is 240 g/mol. The number of benzene rings is 1. The highest BCUT2D eigenvalue weighted by atomic mass is 32.1. The third kappa shape index (κ3) is 3.53. The summed E-state index contributed by atoms with van der Waals surface area (Å²) in [6, 6.07) is 11.7. The third-order valence-corrected chi connectivity index (χ3v) is 3.64. The first-order valence-electron chi connectivity index (χ1n) is 6.81. The van der Waals surface area contributed by atoms with Gasteiger partial charge in [0.15, 0.2) is 0 Å². The molecule has 2 rings (SSSR count). The van der Waals surface area contributed by atoms with Crippen LogP contribution in [0.25, 0.3) is 0 Å². The van der Waals surface area contributed by atoms with Gasteiger partial charge in [-0.25, -0.2) is 0 Å². The molecule has 0 saturated heterocycles. The summed E-state index contributed by atoms with van der Waals surface area (Å²) < 4.78 is 0. The zero-order valence-electron chi connectivity index (χ0n) is 11.0. The summed E-state index contributed by atoms with van der Waals surface area (Å²) in [6.45, 7) is 3.37. The molecule has 0 heterocycles. The summed E-state index contributed by atoms with van der Waals surface area (Å²) in [7, 11) is 0. The summed E-state index contributed by atoms with van der Waals surface area (Å²) >= 11 is 5.13. The SMILES string of the molecule is CCCN(C1CC1)C(CC(N)=S)c1ccccc1. The van der Waals surface area contributed by atoms with Gasteiger partial charge in [0, 0.05) is 18.5 Å². The Bertz CT molecular complexity index is 387. The van der Waals surface area contributed by atoms with Crippen molar-refractivity contribution in [2.24, 2.45) is 5.73 Å². The first kappa shape index (κ1) is 13.5. The number of hydrogen-bond donors (Lipinski definition) is 1. The van der Waals surface area contributed by atoms with Gasteiger partial charge < -0.3 is 5.73 Å². The average Bonchev–Trinajstić information content (AvgIpc) is 3.18. The van der Waals surface area contributed by atoms with Crippen molar-refractivity contribution in [3.8, 4) is 0 Å². The van der Waals surface area contributed by atoms with E-state index in [0.717, 1.165) is 19.0 Å². The Kier molecular flexibility index (Phi) is 4.72. The van der Waals surface area contributed by atoms with E-state index in [4.69, 9.17) is 18.0 Å².